The lowest BCUT2D eigenvalue weighted by Gasteiger charge is -2.13. The third-order valence-corrected chi connectivity index (χ3v) is 4.90. The summed E-state index contributed by atoms with van der Waals surface area (Å²) in [6.07, 6.45) is 2.92. The Morgan fingerprint density at radius 3 is 2.69 bits per heavy atom. The maximum atomic E-state index is 13.4. The van der Waals surface area contributed by atoms with Crippen molar-refractivity contribution < 1.29 is 17.5 Å². The lowest BCUT2D eigenvalue weighted by atomic mass is 10.3. The zero-order valence-electron chi connectivity index (χ0n) is 13.5. The minimum atomic E-state index is -4.06. The summed E-state index contributed by atoms with van der Waals surface area (Å²) in [5.41, 5.74) is 0.619. The first-order chi connectivity index (χ1) is 12.3. The Kier molecular flexibility index (Phi) is 5.06. The average Bonchev–Trinajstić information content (AvgIpc) is 2.59. The Bertz CT molecular complexity index is 1060. The van der Waals surface area contributed by atoms with Gasteiger partial charge >= 0.3 is 0 Å². The third-order valence-electron chi connectivity index (χ3n) is 3.33. The number of ether oxygens (including phenoxy) is 1. The van der Waals surface area contributed by atoms with E-state index in [0.717, 1.165) is 12.1 Å². The molecule has 0 saturated heterocycles. The highest BCUT2D eigenvalue weighted by molar-refractivity contribution is 7.92. The molecular formula is C17H13ClFN3O3S. The van der Waals surface area contributed by atoms with Gasteiger partial charge in [-0.2, -0.15) is 0 Å². The predicted molar refractivity (Wildman–Crippen MR) is 95.5 cm³/mol. The van der Waals surface area contributed by atoms with E-state index in [9.17, 15) is 12.8 Å². The van der Waals surface area contributed by atoms with Gasteiger partial charge in [-0.05, 0) is 43.3 Å². The monoisotopic (exact) mass is 393 g/mol. The fraction of sp³-hybridized carbons (Fsp3) is 0.0588. The molecule has 9 heteroatoms. The minimum Gasteiger partial charge on any atom is -0.435 e. The van der Waals surface area contributed by atoms with E-state index in [-0.39, 0.29) is 21.5 Å². The molecule has 0 radical (unpaired) electrons. The number of hydrogen-bond donors (Lipinski definition) is 1. The molecule has 1 N–H and O–H groups in total. The lowest BCUT2D eigenvalue weighted by molar-refractivity contribution is 0.459. The van der Waals surface area contributed by atoms with Crippen molar-refractivity contribution in [1.82, 2.24) is 9.97 Å². The highest BCUT2D eigenvalue weighted by Gasteiger charge is 2.19. The fourth-order valence-corrected chi connectivity index (χ4v) is 3.34. The van der Waals surface area contributed by atoms with Crippen molar-refractivity contribution in [3.63, 3.8) is 0 Å². The van der Waals surface area contributed by atoms with Gasteiger partial charge in [-0.3, -0.25) is 9.71 Å². The molecule has 134 valence electrons. The number of hydrogen-bond acceptors (Lipinski definition) is 5. The van der Waals surface area contributed by atoms with Crippen LogP contribution in [0, 0.1) is 12.7 Å². The van der Waals surface area contributed by atoms with E-state index in [2.05, 4.69) is 14.7 Å². The normalized spacial score (nSPS) is 11.2. The number of rotatable bonds is 5. The van der Waals surface area contributed by atoms with Crippen molar-refractivity contribution in [2.75, 3.05) is 4.72 Å². The van der Waals surface area contributed by atoms with Gasteiger partial charge in [-0.1, -0.05) is 17.7 Å². The van der Waals surface area contributed by atoms with Crippen LogP contribution in [0.1, 0.15) is 5.69 Å². The molecule has 0 fully saturated rings. The standard InChI is InChI=1S/C17H13ClFN3O3S/c1-11-16(6-3-7-20-11)25-17-15(8-12(18)10-21-17)22-26(23,24)14-5-2-4-13(19)9-14/h2-10,22H,1H3. The number of anilines is 1. The van der Waals surface area contributed by atoms with Gasteiger partial charge < -0.3 is 4.74 Å². The molecule has 3 rings (SSSR count). The van der Waals surface area contributed by atoms with Crippen molar-refractivity contribution in [3.8, 4) is 11.6 Å². The molecule has 1 aromatic carbocycles. The van der Waals surface area contributed by atoms with E-state index in [0.29, 0.717) is 11.4 Å². The summed E-state index contributed by atoms with van der Waals surface area (Å²) in [4.78, 5) is 7.89. The van der Waals surface area contributed by atoms with Gasteiger partial charge in [0.25, 0.3) is 10.0 Å². The highest BCUT2D eigenvalue weighted by atomic mass is 35.5. The molecule has 0 aliphatic heterocycles. The summed E-state index contributed by atoms with van der Waals surface area (Å²) >= 11 is 5.93. The van der Waals surface area contributed by atoms with Crippen LogP contribution >= 0.6 is 11.6 Å². The first kappa shape index (κ1) is 18.1. The molecule has 0 unspecified atom stereocenters. The Morgan fingerprint density at radius 1 is 1.15 bits per heavy atom. The van der Waals surface area contributed by atoms with Crippen molar-refractivity contribution in [2.24, 2.45) is 0 Å². The van der Waals surface area contributed by atoms with Crippen LogP contribution in [-0.2, 0) is 10.0 Å². The van der Waals surface area contributed by atoms with Gasteiger partial charge in [0.05, 0.1) is 15.6 Å². The maximum Gasteiger partial charge on any atom is 0.262 e. The largest absolute Gasteiger partial charge is 0.435 e. The third kappa shape index (κ3) is 4.09. The zero-order chi connectivity index (χ0) is 18.7. The van der Waals surface area contributed by atoms with E-state index in [1.807, 2.05) is 0 Å². The molecule has 0 saturated carbocycles. The van der Waals surface area contributed by atoms with Crippen LogP contribution in [0.5, 0.6) is 11.6 Å². The van der Waals surface area contributed by atoms with Gasteiger partial charge in [0.15, 0.2) is 5.75 Å². The van der Waals surface area contributed by atoms with E-state index >= 15 is 0 Å². The summed E-state index contributed by atoms with van der Waals surface area (Å²) < 4.78 is 46.4. The highest BCUT2D eigenvalue weighted by Crippen LogP contribution is 2.32. The number of sulfonamides is 1. The summed E-state index contributed by atoms with van der Waals surface area (Å²) in [6, 6.07) is 9.34. The van der Waals surface area contributed by atoms with Gasteiger partial charge in [-0.25, -0.2) is 17.8 Å². The van der Waals surface area contributed by atoms with Crippen LogP contribution in [-0.4, -0.2) is 18.4 Å². The molecule has 0 spiro atoms. The molecule has 0 bridgehead atoms. The van der Waals surface area contributed by atoms with Crippen molar-refractivity contribution in [2.45, 2.75) is 11.8 Å². The van der Waals surface area contributed by atoms with Crippen molar-refractivity contribution in [3.05, 3.63) is 71.4 Å². The summed E-state index contributed by atoms with van der Waals surface area (Å²) in [7, 11) is -4.06. The van der Waals surface area contributed by atoms with E-state index in [1.165, 1.54) is 24.4 Å². The average molecular weight is 394 g/mol. The second-order valence-electron chi connectivity index (χ2n) is 5.26. The van der Waals surface area contributed by atoms with Crippen LogP contribution in [0.15, 0.2) is 59.8 Å². The molecule has 3 aromatic rings. The number of aryl methyl sites for hydroxylation is 1. The van der Waals surface area contributed by atoms with E-state index in [1.54, 1.807) is 25.3 Å². The number of pyridine rings is 2. The van der Waals surface area contributed by atoms with Gasteiger partial charge in [0, 0.05) is 12.4 Å². The van der Waals surface area contributed by atoms with Crippen molar-refractivity contribution >= 4 is 27.3 Å². The topological polar surface area (TPSA) is 81.2 Å². The predicted octanol–water partition coefficient (Wildman–Crippen LogP) is 4.17. The van der Waals surface area contributed by atoms with Crippen LogP contribution in [0.3, 0.4) is 0 Å². The second kappa shape index (κ2) is 7.27. The summed E-state index contributed by atoms with van der Waals surface area (Å²) in [5.74, 6) is -0.265. The minimum absolute atomic E-state index is 0.00882. The molecule has 0 amide bonds. The van der Waals surface area contributed by atoms with Crippen LogP contribution in [0.25, 0.3) is 0 Å². The lowest BCUT2D eigenvalue weighted by Crippen LogP contribution is -2.14. The quantitative estimate of drug-likeness (QED) is 0.703. The van der Waals surface area contributed by atoms with Gasteiger partial charge in [0.1, 0.15) is 11.5 Å². The number of halogens is 2. The van der Waals surface area contributed by atoms with E-state index < -0.39 is 15.8 Å². The second-order valence-corrected chi connectivity index (χ2v) is 7.38. The van der Waals surface area contributed by atoms with Crippen LogP contribution < -0.4 is 9.46 Å². The first-order valence-corrected chi connectivity index (χ1v) is 9.25. The SMILES string of the molecule is Cc1ncccc1Oc1ncc(Cl)cc1NS(=O)(=O)c1cccc(F)c1. The molecule has 2 aromatic heterocycles. The Morgan fingerprint density at radius 2 is 1.96 bits per heavy atom. The molecule has 0 aliphatic carbocycles. The van der Waals surface area contributed by atoms with Gasteiger partial charge in [0.2, 0.25) is 5.88 Å². The number of nitrogens with zero attached hydrogens (tertiary/aromatic N) is 2. The fourth-order valence-electron chi connectivity index (χ4n) is 2.10. The molecular weight excluding hydrogens is 381 g/mol. The number of benzene rings is 1. The van der Waals surface area contributed by atoms with E-state index in [4.69, 9.17) is 16.3 Å². The Labute approximate surface area is 154 Å². The van der Waals surface area contributed by atoms with Gasteiger partial charge in [-0.15, -0.1) is 0 Å². The molecule has 6 nitrogen and oxygen atoms in total. The summed E-state index contributed by atoms with van der Waals surface area (Å²) in [5, 5.41) is 0.206. The molecule has 0 aliphatic rings. The smallest absolute Gasteiger partial charge is 0.262 e. The number of nitrogens with one attached hydrogen (secondary N) is 1. The van der Waals surface area contributed by atoms with Crippen LogP contribution in [0.2, 0.25) is 5.02 Å². The summed E-state index contributed by atoms with van der Waals surface area (Å²) in [6.45, 7) is 1.74. The maximum absolute atomic E-state index is 13.4. The zero-order valence-corrected chi connectivity index (χ0v) is 15.1. The molecule has 26 heavy (non-hydrogen) atoms. The van der Waals surface area contributed by atoms with Crippen LogP contribution in [0.4, 0.5) is 10.1 Å². The first-order valence-electron chi connectivity index (χ1n) is 7.38. The number of aromatic nitrogens is 2. The molecule has 0 atom stereocenters. The van der Waals surface area contributed by atoms with Crippen molar-refractivity contribution in [1.29, 1.82) is 0 Å². The Balaban J connectivity index is 1.97. The molecule has 2 heterocycles. The Hall–Kier alpha value is -2.71.